The number of nitrogens with one attached hydrogen (secondary N) is 3. The minimum absolute atomic E-state index is 0.0770. The van der Waals surface area contributed by atoms with Crippen LogP contribution in [0.15, 0.2) is 48.8 Å². The molecule has 0 radical (unpaired) electrons. The van der Waals surface area contributed by atoms with E-state index in [4.69, 9.17) is 14.5 Å². The lowest BCUT2D eigenvalue weighted by Crippen LogP contribution is -2.50. The number of fused-ring (bicyclic) bond motifs is 5. The van der Waals surface area contributed by atoms with E-state index in [1.807, 2.05) is 31.1 Å². The molecule has 52 heavy (non-hydrogen) atoms. The van der Waals surface area contributed by atoms with Crippen LogP contribution in [0, 0.1) is 5.92 Å². The number of aromatic nitrogens is 5. The number of H-pyrrole nitrogens is 2. The summed E-state index contributed by atoms with van der Waals surface area (Å²) < 4.78 is 15.2. The summed E-state index contributed by atoms with van der Waals surface area (Å²) >= 11 is 0. The first-order valence-corrected chi connectivity index (χ1v) is 18.7. The molecule has 270 valence electrons. The Morgan fingerprint density at radius 3 is 2.50 bits per heavy atom. The average molecular weight is 704 g/mol. The molecule has 4 aliphatic rings. The molecule has 4 unspecified atom stereocenters. The molecule has 4 N–H and O–H groups in total. The lowest BCUT2D eigenvalue weighted by atomic mass is 9.98. The fraction of sp³-hybridized carbons (Fsp3) is 0.450. The van der Waals surface area contributed by atoms with Gasteiger partial charge in [0, 0.05) is 41.6 Å². The van der Waals surface area contributed by atoms with Gasteiger partial charge in [-0.1, -0.05) is 26.0 Å². The molecule has 9 rings (SSSR count). The van der Waals surface area contributed by atoms with Gasteiger partial charge in [0.25, 0.3) is 5.91 Å². The first kappa shape index (κ1) is 33.1. The molecule has 12 heteroatoms. The Balaban J connectivity index is 1.02. The number of rotatable bonds is 10. The van der Waals surface area contributed by atoms with Crippen molar-refractivity contribution in [2.75, 3.05) is 20.2 Å². The number of aliphatic hydroxyl groups is 1. The quantitative estimate of drug-likeness (QED) is 0.0789. The predicted octanol–water partition coefficient (Wildman–Crippen LogP) is 6.06. The van der Waals surface area contributed by atoms with Gasteiger partial charge in [0.05, 0.1) is 47.1 Å². The number of ether oxygens (including phenoxy) is 2. The van der Waals surface area contributed by atoms with Crippen molar-refractivity contribution in [1.82, 2.24) is 34.7 Å². The Morgan fingerprint density at radius 1 is 1.02 bits per heavy atom. The number of aromatic amines is 2. The van der Waals surface area contributed by atoms with Gasteiger partial charge < -0.3 is 39.3 Å². The van der Waals surface area contributed by atoms with Gasteiger partial charge in [0.1, 0.15) is 24.1 Å². The summed E-state index contributed by atoms with van der Waals surface area (Å²) in [6.45, 7) is 9.98. The number of benzene rings is 2. The third-order valence-corrected chi connectivity index (χ3v) is 11.5. The fourth-order valence-corrected chi connectivity index (χ4v) is 8.70. The van der Waals surface area contributed by atoms with Gasteiger partial charge in [-0.3, -0.25) is 4.79 Å². The third kappa shape index (κ3) is 5.55. The van der Waals surface area contributed by atoms with Crippen LogP contribution in [0.1, 0.15) is 87.6 Å². The highest BCUT2D eigenvalue weighted by atomic mass is 16.6. The van der Waals surface area contributed by atoms with Gasteiger partial charge in [-0.25, -0.2) is 9.97 Å². The van der Waals surface area contributed by atoms with Crippen LogP contribution < -0.4 is 10.1 Å². The number of nitrogens with zero attached hydrogens (tertiary/aromatic N) is 5. The topological polar surface area (TPSA) is 136 Å². The van der Waals surface area contributed by atoms with Crippen LogP contribution in [0.3, 0.4) is 0 Å². The first-order chi connectivity index (χ1) is 25.3. The van der Waals surface area contributed by atoms with Crippen LogP contribution in [0.5, 0.6) is 5.75 Å². The summed E-state index contributed by atoms with van der Waals surface area (Å²) in [4.78, 5) is 32.4. The summed E-state index contributed by atoms with van der Waals surface area (Å²) in [6, 6.07) is 12.7. The third-order valence-electron chi connectivity index (χ3n) is 11.5. The summed E-state index contributed by atoms with van der Waals surface area (Å²) in [5, 5.41) is 15.1. The SMILES string of the molecule is C=[N+](C(O)OC)C(C(=O)N1CCCC1c1ncc(-c2ccc3c(c2)c(C2CC2)c2n3COc3cc(-c4cnc(C5CCCN5)[nH]4)ccc3-2)[nH]1)C(C)C. The van der Waals surface area contributed by atoms with Crippen molar-refractivity contribution in [2.24, 2.45) is 5.92 Å². The predicted molar refractivity (Wildman–Crippen MR) is 198 cm³/mol. The molecule has 0 bridgehead atoms. The molecule has 2 aromatic carbocycles. The largest absolute Gasteiger partial charge is 0.472 e. The van der Waals surface area contributed by atoms with Crippen LogP contribution in [0.25, 0.3) is 44.7 Å². The summed E-state index contributed by atoms with van der Waals surface area (Å²) in [5.41, 5.74) is 9.00. The van der Waals surface area contributed by atoms with Crippen LogP contribution in [-0.4, -0.2) is 84.4 Å². The highest BCUT2D eigenvalue weighted by Gasteiger charge is 2.43. The van der Waals surface area contributed by atoms with Crippen molar-refractivity contribution in [3.05, 3.63) is 66.0 Å². The van der Waals surface area contributed by atoms with Gasteiger partial charge in [0.2, 0.25) is 6.04 Å². The van der Waals surface area contributed by atoms with Gasteiger partial charge >= 0.3 is 6.41 Å². The van der Waals surface area contributed by atoms with Crippen LogP contribution >= 0.6 is 0 Å². The van der Waals surface area contributed by atoms with Crippen LogP contribution in [0.2, 0.25) is 0 Å². The smallest absolute Gasteiger partial charge is 0.373 e. The average Bonchev–Trinajstić information content (AvgIpc) is 3.76. The number of aliphatic hydroxyl groups excluding tert-OH is 1. The normalized spacial score (nSPS) is 21.0. The van der Waals surface area contributed by atoms with Crippen molar-refractivity contribution >= 4 is 23.5 Å². The Kier molecular flexibility index (Phi) is 8.28. The van der Waals surface area contributed by atoms with E-state index >= 15 is 0 Å². The number of methoxy groups -OCH3 is 1. The maximum atomic E-state index is 13.9. The van der Waals surface area contributed by atoms with Crippen LogP contribution in [0.4, 0.5) is 0 Å². The highest BCUT2D eigenvalue weighted by Crippen LogP contribution is 2.52. The number of carbonyl (C=O) groups is 1. The zero-order chi connectivity index (χ0) is 35.7. The summed E-state index contributed by atoms with van der Waals surface area (Å²) in [5.74, 6) is 3.03. The lowest BCUT2D eigenvalue weighted by molar-refractivity contribution is -0.673. The number of imidazole rings is 2. The van der Waals surface area contributed by atoms with Crippen molar-refractivity contribution in [3.63, 3.8) is 0 Å². The van der Waals surface area contributed by atoms with Crippen molar-refractivity contribution in [1.29, 1.82) is 0 Å². The molecule has 6 heterocycles. The highest BCUT2D eigenvalue weighted by molar-refractivity contribution is 5.97. The Hall–Kier alpha value is -4.78. The molecule has 12 nitrogen and oxygen atoms in total. The van der Waals surface area contributed by atoms with E-state index in [0.717, 1.165) is 71.3 Å². The number of likely N-dealkylation sites (tertiary alicyclic amines) is 1. The Bertz CT molecular complexity index is 2170. The summed E-state index contributed by atoms with van der Waals surface area (Å²) in [7, 11) is 1.40. The van der Waals surface area contributed by atoms with E-state index in [9.17, 15) is 9.90 Å². The molecule has 3 aromatic heterocycles. The van der Waals surface area contributed by atoms with E-state index in [1.165, 1.54) is 53.1 Å². The minimum Gasteiger partial charge on any atom is -0.472 e. The number of hydrogen-bond donors (Lipinski definition) is 4. The van der Waals surface area contributed by atoms with Crippen LogP contribution in [-0.2, 0) is 16.3 Å². The van der Waals surface area contributed by atoms with Crippen molar-refractivity contribution < 1.29 is 24.0 Å². The van der Waals surface area contributed by atoms with Crippen molar-refractivity contribution in [3.8, 4) is 39.5 Å². The zero-order valence-electron chi connectivity index (χ0n) is 30.1. The standard InChI is InChI=1S/C40H47N8O4/c1-22(2)35(46(3)40(50)51-4)39(49)47-16-6-8-32(47)38-43-20-29(45-38)24-12-14-31-27(17-24)34(23-9-10-23)36-26-13-11-25(18-33(26)52-21-48(31)36)30-19-42-37(44-30)28-7-5-15-41-28/h11-14,17-20,22-23,28,32,35,40-41,50H,3,5-10,15-16,21H2,1-2,4H3,(H,42,44)(H,43,45)/q+1. The molecule has 1 saturated carbocycles. The number of carbonyl (C=O) groups excluding carboxylic acids is 1. The molecule has 2 saturated heterocycles. The van der Waals surface area contributed by atoms with E-state index in [0.29, 0.717) is 25.2 Å². The monoisotopic (exact) mass is 703 g/mol. The van der Waals surface area contributed by atoms with E-state index < -0.39 is 12.5 Å². The number of hydrogen-bond acceptors (Lipinski definition) is 7. The minimum atomic E-state index is -1.27. The molecule has 5 aromatic rings. The second-order valence-electron chi connectivity index (χ2n) is 15.1. The first-order valence-electron chi connectivity index (χ1n) is 18.7. The molecule has 1 amide bonds. The molecular weight excluding hydrogens is 656 g/mol. The maximum Gasteiger partial charge on any atom is 0.373 e. The number of amides is 1. The Labute approximate surface area is 302 Å². The fourth-order valence-electron chi connectivity index (χ4n) is 8.70. The second-order valence-corrected chi connectivity index (χ2v) is 15.1. The summed E-state index contributed by atoms with van der Waals surface area (Å²) in [6.07, 6.45) is 8.88. The molecule has 3 aliphatic heterocycles. The van der Waals surface area contributed by atoms with Crippen molar-refractivity contribution in [2.45, 2.75) is 89.6 Å². The van der Waals surface area contributed by atoms with E-state index in [-0.39, 0.29) is 17.9 Å². The molecular formula is C40H47N8O4+. The van der Waals surface area contributed by atoms with Gasteiger partial charge in [-0.15, -0.1) is 0 Å². The second kappa shape index (κ2) is 13.0. The van der Waals surface area contributed by atoms with Gasteiger partial charge in [0.15, 0.2) is 6.73 Å². The molecule has 3 fully saturated rings. The Morgan fingerprint density at radius 2 is 1.77 bits per heavy atom. The molecule has 1 aliphatic carbocycles. The van der Waals surface area contributed by atoms with E-state index in [1.54, 1.807) is 0 Å². The molecule has 4 atom stereocenters. The van der Waals surface area contributed by atoms with E-state index in [2.05, 4.69) is 68.0 Å². The van der Waals surface area contributed by atoms with Gasteiger partial charge in [-0.2, -0.15) is 4.58 Å². The van der Waals surface area contributed by atoms with Gasteiger partial charge in [-0.05, 0) is 80.8 Å². The zero-order valence-corrected chi connectivity index (χ0v) is 30.1. The maximum absolute atomic E-state index is 13.9. The molecule has 0 spiro atoms. The lowest BCUT2D eigenvalue weighted by Gasteiger charge is -2.28.